The Morgan fingerprint density at radius 3 is 2.74 bits per heavy atom. The summed E-state index contributed by atoms with van der Waals surface area (Å²) in [5.41, 5.74) is 3.40. The Kier molecular flexibility index (Phi) is 2.62. The Balaban J connectivity index is 1.76. The number of para-hydroxylation sites is 2. The van der Waals surface area contributed by atoms with Gasteiger partial charge >= 0.3 is 0 Å². The van der Waals surface area contributed by atoms with Gasteiger partial charge in [0.15, 0.2) is 5.54 Å². The van der Waals surface area contributed by atoms with Crippen molar-refractivity contribution in [1.29, 1.82) is 0 Å². The Labute approximate surface area is 134 Å². The van der Waals surface area contributed by atoms with Crippen LogP contribution < -0.4 is 10.6 Å². The number of anilines is 2. The average molecular weight is 306 g/mol. The molecule has 116 valence electrons. The quantitative estimate of drug-likeness (QED) is 0.784. The van der Waals surface area contributed by atoms with E-state index in [0.29, 0.717) is 0 Å². The second-order valence-electron chi connectivity index (χ2n) is 6.56. The zero-order valence-electron chi connectivity index (χ0n) is 12.7. The molecule has 5 rings (SSSR count). The van der Waals surface area contributed by atoms with Crippen LogP contribution in [0.4, 0.5) is 11.4 Å². The van der Waals surface area contributed by atoms with Crippen molar-refractivity contribution in [3.63, 3.8) is 0 Å². The van der Waals surface area contributed by atoms with Crippen molar-refractivity contribution < 1.29 is 9.53 Å². The molecule has 0 bridgehead atoms. The summed E-state index contributed by atoms with van der Waals surface area (Å²) >= 11 is 0. The Bertz CT molecular complexity index is 803. The lowest BCUT2D eigenvalue weighted by molar-refractivity contribution is -0.128. The molecule has 3 aliphatic rings. The van der Waals surface area contributed by atoms with Gasteiger partial charge in [-0.3, -0.25) is 4.79 Å². The molecular weight excluding hydrogens is 288 g/mol. The van der Waals surface area contributed by atoms with Gasteiger partial charge in [-0.2, -0.15) is 0 Å². The first-order valence-corrected chi connectivity index (χ1v) is 8.20. The minimum Gasteiger partial charge on any atom is -0.373 e. The van der Waals surface area contributed by atoms with Crippen LogP contribution in [-0.2, 0) is 15.1 Å². The van der Waals surface area contributed by atoms with Crippen LogP contribution in [0.1, 0.15) is 30.1 Å². The molecule has 1 amide bonds. The third-order valence-corrected chi connectivity index (χ3v) is 5.44. The molecule has 0 saturated carbocycles. The van der Waals surface area contributed by atoms with Gasteiger partial charge < -0.3 is 15.4 Å². The van der Waals surface area contributed by atoms with E-state index in [4.69, 9.17) is 4.74 Å². The molecule has 0 aromatic heterocycles. The van der Waals surface area contributed by atoms with Gasteiger partial charge in [0.05, 0.1) is 6.10 Å². The number of hydrogen-bond acceptors (Lipinski definition) is 3. The highest BCUT2D eigenvalue weighted by Crippen LogP contribution is 2.55. The summed E-state index contributed by atoms with van der Waals surface area (Å²) < 4.78 is 6.14. The standard InChI is InChI=1S/C19H18N2O2/c22-18-19(13-7-2-4-10-16(13)20-18)14-8-5-11-23-17(14)12-6-1-3-9-15(12)21-19/h1-4,6-7,9-10,14,17,21H,5,8,11H2,(H,20,22)/t14-,17-,19?/m1/s1. The number of rotatable bonds is 0. The van der Waals surface area contributed by atoms with Crippen molar-refractivity contribution in [3.05, 3.63) is 59.7 Å². The van der Waals surface area contributed by atoms with E-state index in [-0.39, 0.29) is 17.9 Å². The zero-order valence-corrected chi connectivity index (χ0v) is 12.7. The van der Waals surface area contributed by atoms with Crippen LogP contribution in [0.15, 0.2) is 48.5 Å². The topological polar surface area (TPSA) is 50.4 Å². The molecule has 0 radical (unpaired) electrons. The molecule has 2 aromatic carbocycles. The number of carbonyl (C=O) groups excluding carboxylic acids is 1. The van der Waals surface area contributed by atoms with E-state index in [1.165, 1.54) is 5.56 Å². The summed E-state index contributed by atoms with van der Waals surface area (Å²) in [7, 11) is 0. The molecule has 1 spiro atoms. The zero-order chi connectivity index (χ0) is 15.4. The molecular formula is C19H18N2O2. The summed E-state index contributed by atoms with van der Waals surface area (Å²) in [6.07, 6.45) is 1.94. The lowest BCUT2D eigenvalue weighted by Gasteiger charge is -2.48. The minimum absolute atomic E-state index is 0.0295. The van der Waals surface area contributed by atoms with Gasteiger partial charge in [-0.1, -0.05) is 36.4 Å². The molecule has 3 aliphatic heterocycles. The van der Waals surface area contributed by atoms with Crippen LogP contribution in [0.3, 0.4) is 0 Å². The fourth-order valence-electron chi connectivity index (χ4n) is 4.47. The summed E-state index contributed by atoms with van der Waals surface area (Å²) in [5, 5.41) is 6.65. The number of nitrogens with one attached hydrogen (secondary N) is 2. The van der Waals surface area contributed by atoms with Gasteiger partial charge in [-0.15, -0.1) is 0 Å². The number of amides is 1. The lowest BCUT2D eigenvalue weighted by Crippen LogP contribution is -2.54. The third-order valence-electron chi connectivity index (χ3n) is 5.44. The normalized spacial score (nSPS) is 30.9. The van der Waals surface area contributed by atoms with Gasteiger partial charge in [-0.25, -0.2) is 0 Å². The molecule has 0 aliphatic carbocycles. The van der Waals surface area contributed by atoms with E-state index in [9.17, 15) is 4.79 Å². The SMILES string of the molecule is O=C1Nc2ccccc2C12Nc1ccccc1[C@H]1OCCC[C@H]12. The van der Waals surface area contributed by atoms with Crippen LogP contribution in [0.25, 0.3) is 0 Å². The van der Waals surface area contributed by atoms with Gasteiger partial charge in [-0.05, 0) is 25.0 Å². The average Bonchev–Trinajstić information content (AvgIpc) is 2.88. The molecule has 2 N–H and O–H groups in total. The van der Waals surface area contributed by atoms with E-state index in [1.807, 2.05) is 36.4 Å². The van der Waals surface area contributed by atoms with Crippen molar-refractivity contribution in [3.8, 4) is 0 Å². The smallest absolute Gasteiger partial charge is 0.255 e. The molecule has 4 nitrogen and oxygen atoms in total. The predicted molar refractivity (Wildman–Crippen MR) is 88.2 cm³/mol. The van der Waals surface area contributed by atoms with Crippen LogP contribution in [0, 0.1) is 5.92 Å². The highest BCUT2D eigenvalue weighted by Gasteiger charge is 2.58. The summed E-state index contributed by atoms with van der Waals surface area (Å²) in [4.78, 5) is 13.0. The lowest BCUT2D eigenvalue weighted by atomic mass is 9.68. The Hall–Kier alpha value is -2.33. The predicted octanol–water partition coefficient (Wildman–Crippen LogP) is 3.43. The van der Waals surface area contributed by atoms with E-state index < -0.39 is 5.54 Å². The maximum Gasteiger partial charge on any atom is 0.255 e. The van der Waals surface area contributed by atoms with E-state index in [0.717, 1.165) is 36.4 Å². The maximum absolute atomic E-state index is 13.0. The molecule has 3 atom stereocenters. The van der Waals surface area contributed by atoms with E-state index in [1.54, 1.807) is 0 Å². The highest BCUT2D eigenvalue weighted by atomic mass is 16.5. The van der Waals surface area contributed by atoms with Crippen molar-refractivity contribution in [2.45, 2.75) is 24.5 Å². The summed E-state index contributed by atoms with van der Waals surface area (Å²) in [5.74, 6) is 0.142. The first-order chi connectivity index (χ1) is 11.3. The first-order valence-electron chi connectivity index (χ1n) is 8.20. The van der Waals surface area contributed by atoms with E-state index >= 15 is 0 Å². The largest absolute Gasteiger partial charge is 0.373 e. The second-order valence-corrected chi connectivity index (χ2v) is 6.56. The van der Waals surface area contributed by atoms with Gasteiger partial charge in [0, 0.05) is 35.0 Å². The number of fused-ring (bicyclic) bond motifs is 6. The van der Waals surface area contributed by atoms with Crippen molar-refractivity contribution in [2.75, 3.05) is 17.2 Å². The maximum atomic E-state index is 13.0. The van der Waals surface area contributed by atoms with Crippen LogP contribution >= 0.6 is 0 Å². The fraction of sp³-hybridized carbons (Fsp3) is 0.316. The fourth-order valence-corrected chi connectivity index (χ4v) is 4.47. The number of carbonyl (C=O) groups is 1. The number of hydrogen-bond donors (Lipinski definition) is 2. The van der Waals surface area contributed by atoms with Crippen molar-refractivity contribution in [1.82, 2.24) is 0 Å². The molecule has 4 heteroatoms. The molecule has 3 heterocycles. The molecule has 1 saturated heterocycles. The third kappa shape index (κ3) is 1.61. The first kappa shape index (κ1) is 13.1. The minimum atomic E-state index is -0.726. The monoisotopic (exact) mass is 306 g/mol. The van der Waals surface area contributed by atoms with E-state index in [2.05, 4.69) is 22.8 Å². The van der Waals surface area contributed by atoms with Crippen molar-refractivity contribution in [2.24, 2.45) is 5.92 Å². The number of ether oxygens (including phenoxy) is 1. The molecule has 1 unspecified atom stereocenters. The summed E-state index contributed by atoms with van der Waals surface area (Å²) in [6.45, 7) is 0.759. The van der Waals surface area contributed by atoms with Crippen LogP contribution in [0.2, 0.25) is 0 Å². The highest BCUT2D eigenvalue weighted by molar-refractivity contribution is 6.08. The van der Waals surface area contributed by atoms with Gasteiger partial charge in [0.25, 0.3) is 5.91 Å². The Morgan fingerprint density at radius 1 is 1.04 bits per heavy atom. The molecule has 23 heavy (non-hydrogen) atoms. The van der Waals surface area contributed by atoms with Gasteiger partial charge in [0.1, 0.15) is 0 Å². The van der Waals surface area contributed by atoms with Gasteiger partial charge in [0.2, 0.25) is 0 Å². The molecule has 2 aromatic rings. The second kappa shape index (κ2) is 4.59. The van der Waals surface area contributed by atoms with Crippen LogP contribution in [0.5, 0.6) is 0 Å². The number of benzene rings is 2. The summed E-state index contributed by atoms with van der Waals surface area (Å²) in [6, 6.07) is 16.2. The molecule has 1 fully saturated rings. The van der Waals surface area contributed by atoms with Crippen molar-refractivity contribution >= 4 is 17.3 Å². The Morgan fingerprint density at radius 2 is 1.83 bits per heavy atom. The van der Waals surface area contributed by atoms with Crippen LogP contribution in [-0.4, -0.2) is 12.5 Å².